The third-order valence-electron chi connectivity index (χ3n) is 2.95. The molecule has 1 aliphatic heterocycles. The maximum atomic E-state index is 10.8. The maximum Gasteiger partial charge on any atom is 0.436 e. The smallest absolute Gasteiger partial charge is 0.394 e. The molecule has 0 spiro atoms. The van der Waals surface area contributed by atoms with E-state index < -0.39 is 48.1 Å². The maximum absolute atomic E-state index is 10.8. The number of hydrogen-bond donors (Lipinski definition) is 4. The number of aliphatic hydroxyl groups is 4. The van der Waals surface area contributed by atoms with Gasteiger partial charge in [0.05, 0.1) is 6.61 Å². The van der Waals surface area contributed by atoms with Gasteiger partial charge in [0.1, 0.15) is 36.8 Å². The van der Waals surface area contributed by atoms with Gasteiger partial charge in [-0.15, -0.1) is 0 Å². The SMILES string of the molecule is O=[N+]([O-])c1nccn1[C@@H]1O[C@H](CO)[C@@H](O)[C@H](O)[C@H]1O. The second-order valence-electron chi connectivity index (χ2n) is 4.11. The van der Waals surface area contributed by atoms with Crippen LogP contribution in [0, 0.1) is 10.1 Å². The van der Waals surface area contributed by atoms with Gasteiger partial charge >= 0.3 is 5.95 Å². The Morgan fingerprint density at radius 1 is 1.37 bits per heavy atom. The average Bonchev–Trinajstić information content (AvgIpc) is 2.85. The zero-order valence-electron chi connectivity index (χ0n) is 9.60. The van der Waals surface area contributed by atoms with E-state index in [4.69, 9.17) is 9.84 Å². The quantitative estimate of drug-likeness (QED) is 0.357. The van der Waals surface area contributed by atoms with E-state index in [-0.39, 0.29) is 0 Å². The summed E-state index contributed by atoms with van der Waals surface area (Å²) >= 11 is 0. The van der Waals surface area contributed by atoms with Crippen LogP contribution in [0.4, 0.5) is 5.95 Å². The number of aliphatic hydroxyl groups excluding tert-OH is 4. The molecule has 10 heteroatoms. The minimum atomic E-state index is -1.60. The number of rotatable bonds is 3. The highest BCUT2D eigenvalue weighted by molar-refractivity contribution is 5.09. The summed E-state index contributed by atoms with van der Waals surface area (Å²) in [6.07, 6.45) is -4.82. The molecule has 0 aromatic carbocycles. The first-order chi connectivity index (χ1) is 8.97. The van der Waals surface area contributed by atoms with Gasteiger partial charge in [0.2, 0.25) is 6.23 Å². The molecule has 0 radical (unpaired) electrons. The lowest BCUT2D eigenvalue weighted by molar-refractivity contribution is -0.400. The minimum absolute atomic E-state index is 0.579. The van der Waals surface area contributed by atoms with E-state index in [1.165, 1.54) is 6.20 Å². The molecule has 1 aromatic rings. The molecular formula is C9H13N3O7. The number of nitrogens with zero attached hydrogens (tertiary/aromatic N) is 3. The first-order valence-electron chi connectivity index (χ1n) is 5.45. The van der Waals surface area contributed by atoms with Crippen molar-refractivity contribution in [2.75, 3.05) is 6.61 Å². The van der Waals surface area contributed by atoms with Crippen LogP contribution < -0.4 is 0 Å². The van der Waals surface area contributed by atoms with Crippen molar-refractivity contribution in [3.05, 3.63) is 22.5 Å². The summed E-state index contributed by atoms with van der Waals surface area (Å²) in [7, 11) is 0. The van der Waals surface area contributed by atoms with E-state index in [2.05, 4.69) is 4.98 Å². The van der Waals surface area contributed by atoms with Gasteiger partial charge < -0.3 is 35.3 Å². The molecule has 0 amide bonds. The van der Waals surface area contributed by atoms with Crippen LogP contribution in [0.2, 0.25) is 0 Å². The Labute approximate surface area is 106 Å². The normalized spacial score (nSPS) is 35.3. The Kier molecular flexibility index (Phi) is 3.78. The first-order valence-corrected chi connectivity index (χ1v) is 5.45. The average molecular weight is 275 g/mol. The summed E-state index contributed by atoms with van der Waals surface area (Å²) in [5.74, 6) is -0.579. The molecule has 1 saturated heterocycles. The van der Waals surface area contributed by atoms with E-state index in [0.29, 0.717) is 0 Å². The van der Waals surface area contributed by atoms with E-state index in [1.54, 1.807) is 0 Å². The molecule has 4 N–H and O–H groups in total. The molecule has 1 aliphatic rings. The van der Waals surface area contributed by atoms with E-state index in [0.717, 1.165) is 10.8 Å². The summed E-state index contributed by atoms with van der Waals surface area (Å²) in [5.41, 5.74) is 0. The van der Waals surface area contributed by atoms with Crippen molar-refractivity contribution in [2.24, 2.45) is 0 Å². The molecule has 0 bridgehead atoms. The highest BCUT2D eigenvalue weighted by Crippen LogP contribution is 2.30. The molecule has 106 valence electrons. The van der Waals surface area contributed by atoms with Crippen LogP contribution >= 0.6 is 0 Å². The lowest BCUT2D eigenvalue weighted by atomic mass is 9.98. The topological polar surface area (TPSA) is 151 Å². The summed E-state index contributed by atoms with van der Waals surface area (Å²) < 4.78 is 6.09. The first kappa shape index (κ1) is 13.8. The number of imidazole rings is 1. The lowest BCUT2D eigenvalue weighted by Crippen LogP contribution is -2.56. The molecule has 1 fully saturated rings. The molecule has 2 heterocycles. The van der Waals surface area contributed by atoms with Crippen LogP contribution in [0.1, 0.15) is 6.23 Å². The Hall–Kier alpha value is -1.59. The third-order valence-corrected chi connectivity index (χ3v) is 2.95. The van der Waals surface area contributed by atoms with Gasteiger partial charge in [0.25, 0.3) is 0 Å². The molecule has 0 aliphatic carbocycles. The number of ether oxygens (including phenoxy) is 1. The molecule has 0 unspecified atom stereocenters. The van der Waals surface area contributed by atoms with E-state index >= 15 is 0 Å². The number of hydrogen-bond acceptors (Lipinski definition) is 8. The van der Waals surface area contributed by atoms with Crippen LogP contribution in [-0.2, 0) is 4.74 Å². The fourth-order valence-electron chi connectivity index (χ4n) is 1.96. The van der Waals surface area contributed by atoms with Crippen LogP contribution in [0.5, 0.6) is 0 Å². The Morgan fingerprint density at radius 2 is 2.05 bits per heavy atom. The van der Waals surface area contributed by atoms with E-state index in [1.807, 2.05) is 0 Å². The van der Waals surface area contributed by atoms with Crippen LogP contribution in [0.3, 0.4) is 0 Å². The number of nitro groups is 1. The van der Waals surface area contributed by atoms with Gasteiger partial charge in [-0.2, -0.15) is 4.57 Å². The van der Waals surface area contributed by atoms with Gasteiger partial charge in [0, 0.05) is 0 Å². The highest BCUT2D eigenvalue weighted by atomic mass is 16.6. The van der Waals surface area contributed by atoms with Crippen molar-refractivity contribution in [3.8, 4) is 0 Å². The van der Waals surface area contributed by atoms with Gasteiger partial charge in [-0.3, -0.25) is 0 Å². The summed E-state index contributed by atoms with van der Waals surface area (Å²) in [4.78, 5) is 13.5. The van der Waals surface area contributed by atoms with Gasteiger partial charge in [0.15, 0.2) is 0 Å². The summed E-state index contributed by atoms with van der Waals surface area (Å²) in [6, 6.07) is 0. The molecular weight excluding hydrogens is 262 g/mol. The van der Waals surface area contributed by atoms with Gasteiger partial charge in [-0.1, -0.05) is 4.98 Å². The van der Waals surface area contributed by atoms with Crippen molar-refractivity contribution in [1.29, 1.82) is 0 Å². The molecule has 10 nitrogen and oxygen atoms in total. The third kappa shape index (κ3) is 2.31. The van der Waals surface area contributed by atoms with E-state index in [9.17, 15) is 25.4 Å². The monoisotopic (exact) mass is 275 g/mol. The van der Waals surface area contributed by atoms with Crippen LogP contribution in [0.25, 0.3) is 0 Å². The van der Waals surface area contributed by atoms with Crippen molar-refractivity contribution in [1.82, 2.24) is 9.55 Å². The number of aromatic nitrogens is 2. The summed E-state index contributed by atoms with van der Waals surface area (Å²) in [5, 5.41) is 48.8. The predicted octanol–water partition coefficient (Wildman–Crippen LogP) is -2.24. The Morgan fingerprint density at radius 3 is 2.63 bits per heavy atom. The zero-order chi connectivity index (χ0) is 14.2. The molecule has 0 saturated carbocycles. The molecule has 5 atom stereocenters. The van der Waals surface area contributed by atoms with Crippen molar-refractivity contribution in [3.63, 3.8) is 0 Å². The fraction of sp³-hybridized carbons (Fsp3) is 0.667. The minimum Gasteiger partial charge on any atom is -0.394 e. The Bertz CT molecular complexity index is 462. The largest absolute Gasteiger partial charge is 0.436 e. The summed E-state index contributed by atoms with van der Waals surface area (Å²) in [6.45, 7) is -0.607. The zero-order valence-corrected chi connectivity index (χ0v) is 9.60. The molecule has 2 rings (SSSR count). The molecule has 1 aromatic heterocycles. The van der Waals surface area contributed by atoms with Gasteiger partial charge in [-0.25, -0.2) is 0 Å². The molecule has 19 heavy (non-hydrogen) atoms. The van der Waals surface area contributed by atoms with Crippen LogP contribution in [-0.4, -0.2) is 65.9 Å². The second kappa shape index (κ2) is 5.19. The Balaban J connectivity index is 2.32. The van der Waals surface area contributed by atoms with Crippen molar-refractivity contribution in [2.45, 2.75) is 30.6 Å². The highest BCUT2D eigenvalue weighted by Gasteiger charge is 2.46. The van der Waals surface area contributed by atoms with Crippen LogP contribution in [0.15, 0.2) is 12.4 Å². The lowest BCUT2D eigenvalue weighted by Gasteiger charge is -2.38. The standard InChI is InChI=1S/C9H13N3O7/c13-3-4-5(14)6(15)7(16)8(19-4)11-2-1-10-9(11)12(17)18/h1-2,4-8,13-16H,3H2/t4-,5-,6+,7-,8-/m1/s1. The second-order valence-corrected chi connectivity index (χ2v) is 4.11. The van der Waals surface area contributed by atoms with Gasteiger partial charge in [-0.05, 0) is 4.92 Å². The fourth-order valence-corrected chi connectivity index (χ4v) is 1.96. The van der Waals surface area contributed by atoms with Crippen molar-refractivity contribution >= 4 is 5.95 Å². The van der Waals surface area contributed by atoms with Crippen molar-refractivity contribution < 1.29 is 30.1 Å². The predicted molar refractivity (Wildman–Crippen MR) is 57.9 cm³/mol.